The second-order valence-electron chi connectivity index (χ2n) is 6.70. The molecule has 0 aliphatic heterocycles. The molecule has 0 amide bonds. The number of nitrogen functional groups attached to an aromatic ring is 2. The summed E-state index contributed by atoms with van der Waals surface area (Å²) in [5.41, 5.74) is 17.3. The first-order valence-electron chi connectivity index (χ1n) is 9.48. The monoisotopic (exact) mass is 398 g/mol. The van der Waals surface area contributed by atoms with Crippen LogP contribution in [-0.4, -0.2) is 17.1 Å². The second kappa shape index (κ2) is 8.53. The van der Waals surface area contributed by atoms with Gasteiger partial charge in [0.2, 0.25) is 0 Å². The molecule has 6 heteroatoms. The van der Waals surface area contributed by atoms with Gasteiger partial charge < -0.3 is 20.9 Å². The Morgan fingerprint density at radius 2 is 1.53 bits per heavy atom. The van der Waals surface area contributed by atoms with Crippen molar-refractivity contribution in [3.63, 3.8) is 0 Å². The summed E-state index contributed by atoms with van der Waals surface area (Å²) in [6.07, 6.45) is 1.50. The average Bonchev–Trinajstić information content (AvgIpc) is 2.79. The van der Waals surface area contributed by atoms with Crippen LogP contribution in [0.25, 0.3) is 22.5 Å². The van der Waals surface area contributed by atoms with E-state index in [4.69, 9.17) is 20.9 Å². The SMILES string of the molecule is COc1ccc(N)c(-c2cc(-c3ccccc3OCc3ccccc3)ncn2)c1N. The Morgan fingerprint density at radius 1 is 0.800 bits per heavy atom. The molecule has 0 radical (unpaired) electrons. The quantitative estimate of drug-likeness (QED) is 0.462. The van der Waals surface area contributed by atoms with Crippen molar-refractivity contribution in [2.24, 2.45) is 0 Å². The van der Waals surface area contributed by atoms with E-state index in [2.05, 4.69) is 9.97 Å². The molecule has 4 rings (SSSR count). The highest BCUT2D eigenvalue weighted by molar-refractivity contribution is 5.89. The fourth-order valence-corrected chi connectivity index (χ4v) is 3.26. The number of nitrogens with zero attached hydrogens (tertiary/aromatic N) is 2. The smallest absolute Gasteiger partial charge is 0.142 e. The first-order valence-corrected chi connectivity index (χ1v) is 9.48. The third-order valence-corrected chi connectivity index (χ3v) is 4.78. The van der Waals surface area contributed by atoms with Crippen LogP contribution in [0.5, 0.6) is 11.5 Å². The van der Waals surface area contributed by atoms with Crippen LogP contribution >= 0.6 is 0 Å². The van der Waals surface area contributed by atoms with Crippen molar-refractivity contribution in [2.45, 2.75) is 6.61 Å². The molecule has 0 aliphatic rings. The Morgan fingerprint density at radius 3 is 2.33 bits per heavy atom. The van der Waals surface area contributed by atoms with Gasteiger partial charge in [-0.2, -0.15) is 0 Å². The second-order valence-corrected chi connectivity index (χ2v) is 6.70. The molecular weight excluding hydrogens is 376 g/mol. The molecule has 0 unspecified atom stereocenters. The molecule has 4 aromatic rings. The maximum Gasteiger partial charge on any atom is 0.142 e. The summed E-state index contributed by atoms with van der Waals surface area (Å²) >= 11 is 0. The lowest BCUT2D eigenvalue weighted by Gasteiger charge is -2.14. The third kappa shape index (κ3) is 3.89. The Kier molecular flexibility index (Phi) is 5.48. The first-order chi connectivity index (χ1) is 14.7. The number of rotatable bonds is 6. The third-order valence-electron chi connectivity index (χ3n) is 4.78. The van der Waals surface area contributed by atoms with E-state index in [0.717, 1.165) is 16.9 Å². The number of aromatic nitrogens is 2. The van der Waals surface area contributed by atoms with Gasteiger partial charge >= 0.3 is 0 Å². The molecule has 6 nitrogen and oxygen atoms in total. The Bertz CT molecular complexity index is 1160. The summed E-state index contributed by atoms with van der Waals surface area (Å²) in [4.78, 5) is 8.84. The van der Waals surface area contributed by atoms with Crippen molar-refractivity contribution in [3.05, 3.63) is 84.7 Å². The van der Waals surface area contributed by atoms with Gasteiger partial charge in [-0.05, 0) is 35.9 Å². The molecule has 0 bridgehead atoms. The molecule has 0 atom stereocenters. The van der Waals surface area contributed by atoms with E-state index in [1.165, 1.54) is 6.33 Å². The highest BCUT2D eigenvalue weighted by atomic mass is 16.5. The van der Waals surface area contributed by atoms with Gasteiger partial charge in [0.25, 0.3) is 0 Å². The van der Waals surface area contributed by atoms with Gasteiger partial charge in [0.1, 0.15) is 24.4 Å². The standard InChI is InChI=1S/C24H22N4O2/c1-29-22-12-11-18(25)23(24(22)26)20-13-19(27-15-28-20)17-9-5-6-10-21(17)30-14-16-7-3-2-4-8-16/h2-13,15H,14,25-26H2,1H3. The lowest BCUT2D eigenvalue weighted by Crippen LogP contribution is -2.02. The molecule has 1 aromatic heterocycles. The van der Waals surface area contributed by atoms with Gasteiger partial charge in [-0.3, -0.25) is 0 Å². The summed E-state index contributed by atoms with van der Waals surface area (Å²) in [6, 6.07) is 23.1. The molecule has 0 fully saturated rings. The number of methoxy groups -OCH3 is 1. The molecule has 0 spiro atoms. The Hall–Kier alpha value is -4.06. The van der Waals surface area contributed by atoms with Crippen molar-refractivity contribution < 1.29 is 9.47 Å². The van der Waals surface area contributed by atoms with E-state index >= 15 is 0 Å². The lowest BCUT2D eigenvalue weighted by atomic mass is 10.0. The van der Waals surface area contributed by atoms with E-state index in [-0.39, 0.29) is 0 Å². The maximum absolute atomic E-state index is 6.27. The largest absolute Gasteiger partial charge is 0.495 e. The highest BCUT2D eigenvalue weighted by Crippen LogP contribution is 2.38. The molecule has 0 saturated carbocycles. The van der Waals surface area contributed by atoms with Gasteiger partial charge in [-0.15, -0.1) is 0 Å². The van der Waals surface area contributed by atoms with Gasteiger partial charge in [-0.25, -0.2) is 9.97 Å². The van der Waals surface area contributed by atoms with E-state index < -0.39 is 0 Å². The zero-order valence-electron chi connectivity index (χ0n) is 16.6. The summed E-state index contributed by atoms with van der Waals surface area (Å²) in [7, 11) is 1.57. The molecule has 0 saturated heterocycles. The minimum absolute atomic E-state index is 0.441. The van der Waals surface area contributed by atoms with E-state index in [9.17, 15) is 0 Å². The minimum atomic E-state index is 0.441. The Balaban J connectivity index is 1.71. The normalized spacial score (nSPS) is 10.6. The van der Waals surface area contributed by atoms with Crippen LogP contribution in [0.2, 0.25) is 0 Å². The van der Waals surface area contributed by atoms with Crippen LogP contribution in [0.15, 0.2) is 79.1 Å². The number of nitrogens with two attached hydrogens (primary N) is 2. The van der Waals surface area contributed by atoms with Crippen LogP contribution in [0.4, 0.5) is 11.4 Å². The van der Waals surface area contributed by atoms with Crippen LogP contribution < -0.4 is 20.9 Å². The molecule has 150 valence electrons. The number of ether oxygens (including phenoxy) is 2. The van der Waals surface area contributed by atoms with Crippen molar-refractivity contribution in [2.75, 3.05) is 18.6 Å². The minimum Gasteiger partial charge on any atom is -0.495 e. The predicted molar refractivity (Wildman–Crippen MR) is 119 cm³/mol. The average molecular weight is 398 g/mol. The van der Waals surface area contributed by atoms with Crippen molar-refractivity contribution in [3.8, 4) is 34.0 Å². The molecular formula is C24H22N4O2. The molecule has 3 aromatic carbocycles. The maximum atomic E-state index is 6.27. The zero-order chi connectivity index (χ0) is 20.9. The first kappa shape index (κ1) is 19.3. The van der Waals surface area contributed by atoms with Gasteiger partial charge in [0.05, 0.1) is 29.7 Å². The van der Waals surface area contributed by atoms with Crippen molar-refractivity contribution >= 4 is 11.4 Å². The number of para-hydroxylation sites is 1. The highest BCUT2D eigenvalue weighted by Gasteiger charge is 2.15. The lowest BCUT2D eigenvalue weighted by molar-refractivity contribution is 0.307. The fourth-order valence-electron chi connectivity index (χ4n) is 3.26. The van der Waals surface area contributed by atoms with Crippen LogP contribution in [0.3, 0.4) is 0 Å². The van der Waals surface area contributed by atoms with E-state index in [1.807, 2.05) is 60.7 Å². The van der Waals surface area contributed by atoms with E-state index in [0.29, 0.717) is 40.7 Å². The van der Waals surface area contributed by atoms with Gasteiger partial charge in [-0.1, -0.05) is 42.5 Å². The topological polar surface area (TPSA) is 96.3 Å². The summed E-state index contributed by atoms with van der Waals surface area (Å²) in [5, 5.41) is 0. The number of benzene rings is 3. The van der Waals surface area contributed by atoms with Crippen LogP contribution in [-0.2, 0) is 6.61 Å². The molecule has 30 heavy (non-hydrogen) atoms. The number of hydrogen-bond donors (Lipinski definition) is 2. The van der Waals surface area contributed by atoms with Gasteiger partial charge in [0.15, 0.2) is 0 Å². The summed E-state index contributed by atoms with van der Waals surface area (Å²) in [5.74, 6) is 1.28. The molecule has 1 heterocycles. The number of anilines is 2. The van der Waals surface area contributed by atoms with Crippen LogP contribution in [0, 0.1) is 0 Å². The van der Waals surface area contributed by atoms with Gasteiger partial charge in [0, 0.05) is 11.3 Å². The van der Waals surface area contributed by atoms with Crippen molar-refractivity contribution in [1.29, 1.82) is 0 Å². The number of hydrogen-bond acceptors (Lipinski definition) is 6. The zero-order valence-corrected chi connectivity index (χ0v) is 16.6. The predicted octanol–water partition coefficient (Wildman–Crippen LogP) is 4.56. The van der Waals surface area contributed by atoms with Crippen LogP contribution in [0.1, 0.15) is 5.56 Å². The van der Waals surface area contributed by atoms with E-state index in [1.54, 1.807) is 19.2 Å². The molecule has 0 aliphatic carbocycles. The van der Waals surface area contributed by atoms with Crippen molar-refractivity contribution in [1.82, 2.24) is 9.97 Å². The Labute approximate surface area is 175 Å². The summed E-state index contributed by atoms with van der Waals surface area (Å²) < 4.78 is 11.4. The summed E-state index contributed by atoms with van der Waals surface area (Å²) in [6.45, 7) is 0.464. The molecule has 4 N–H and O–H groups in total. The fraction of sp³-hybridized carbons (Fsp3) is 0.0833.